The van der Waals surface area contributed by atoms with Crippen LogP contribution in [0, 0.1) is 11.3 Å². The van der Waals surface area contributed by atoms with Gasteiger partial charge < -0.3 is 4.42 Å². The Labute approximate surface area is 353 Å². The van der Waals surface area contributed by atoms with Gasteiger partial charge in [0.25, 0.3) is 0 Å². The molecule has 5 heteroatoms. The number of hydrogen-bond acceptors (Lipinski definition) is 5. The van der Waals surface area contributed by atoms with E-state index in [2.05, 4.69) is 109 Å². The Morgan fingerprint density at radius 2 is 1.00 bits per heavy atom. The Balaban J connectivity index is 0.930. The van der Waals surface area contributed by atoms with Crippen LogP contribution in [0.1, 0.15) is 23.1 Å². The fourth-order valence-corrected chi connectivity index (χ4v) is 8.64. The van der Waals surface area contributed by atoms with Crippen LogP contribution in [0.2, 0.25) is 0 Å². The molecule has 0 fully saturated rings. The zero-order valence-corrected chi connectivity index (χ0v) is 33.1. The Morgan fingerprint density at radius 1 is 0.443 bits per heavy atom. The van der Waals surface area contributed by atoms with Crippen LogP contribution < -0.4 is 0 Å². The largest absolute Gasteiger partial charge is 0.455 e. The molecule has 0 unspecified atom stereocenters. The van der Waals surface area contributed by atoms with Crippen molar-refractivity contribution < 1.29 is 4.42 Å². The van der Waals surface area contributed by atoms with Gasteiger partial charge in [-0.1, -0.05) is 170 Å². The van der Waals surface area contributed by atoms with E-state index >= 15 is 0 Å². The van der Waals surface area contributed by atoms with E-state index in [1.807, 2.05) is 91.0 Å². The van der Waals surface area contributed by atoms with Crippen LogP contribution in [0.25, 0.3) is 107 Å². The van der Waals surface area contributed by atoms with Crippen LogP contribution in [-0.2, 0) is 6.42 Å². The molecular formula is C56H36N4O. The molecule has 1 aliphatic carbocycles. The standard InChI is InChI=1S/C56H36N4O/c57-35-36-32-43(37-22-24-39(25-23-37)47-19-11-20-51-50-18-9-10-21-52(50)61-53(47)51)34-44(33-36)46-31-30-45(48-16-7-8-17-49(46)48)38-26-28-42(29-27-38)56-59-54(40-12-3-1-4-13-40)58-55(60-56)41-14-5-2-6-15-41/h1-7,9-16,18-34H,8,17H2. The summed E-state index contributed by atoms with van der Waals surface area (Å²) in [5.41, 5.74) is 16.4. The van der Waals surface area contributed by atoms with E-state index in [1.165, 1.54) is 16.7 Å². The summed E-state index contributed by atoms with van der Waals surface area (Å²) >= 11 is 0. The van der Waals surface area contributed by atoms with Crippen molar-refractivity contribution in [2.45, 2.75) is 12.8 Å². The SMILES string of the molecule is N#Cc1cc(-c2ccc(-c3cccc4c3oc3ccccc34)cc2)cc(-c2ccc(-c3ccc(-c4nc(-c5ccccc5)nc(-c5ccccc5)n4)cc3)c3c2CCC=C3)c1. The first-order chi connectivity index (χ1) is 30.2. The molecule has 0 amide bonds. The van der Waals surface area contributed by atoms with E-state index in [0.717, 1.165) is 90.4 Å². The first kappa shape index (κ1) is 35.9. The lowest BCUT2D eigenvalue weighted by Crippen LogP contribution is -2.01. The average Bonchev–Trinajstić information content (AvgIpc) is 3.73. The van der Waals surface area contributed by atoms with Crippen molar-refractivity contribution >= 4 is 28.0 Å². The van der Waals surface area contributed by atoms with E-state index in [1.54, 1.807) is 0 Å². The Bertz CT molecular complexity index is 3280. The van der Waals surface area contributed by atoms with E-state index in [-0.39, 0.29) is 0 Å². The summed E-state index contributed by atoms with van der Waals surface area (Å²) in [4.78, 5) is 14.7. The molecule has 1 aliphatic rings. The highest BCUT2D eigenvalue weighted by molar-refractivity contribution is 6.09. The number of nitriles is 1. The van der Waals surface area contributed by atoms with E-state index < -0.39 is 0 Å². The minimum Gasteiger partial charge on any atom is -0.455 e. The molecule has 0 radical (unpaired) electrons. The number of furan rings is 1. The summed E-state index contributed by atoms with van der Waals surface area (Å²) in [7, 11) is 0. The van der Waals surface area contributed by atoms with Gasteiger partial charge in [-0.2, -0.15) is 5.26 Å². The molecule has 11 rings (SSSR count). The van der Waals surface area contributed by atoms with Gasteiger partial charge in [0.1, 0.15) is 11.2 Å². The lowest BCUT2D eigenvalue weighted by atomic mass is 9.83. The van der Waals surface area contributed by atoms with Crippen LogP contribution in [0.15, 0.2) is 192 Å². The summed E-state index contributed by atoms with van der Waals surface area (Å²) in [5, 5.41) is 12.5. The maximum Gasteiger partial charge on any atom is 0.164 e. The van der Waals surface area contributed by atoms with Gasteiger partial charge in [-0.25, -0.2) is 15.0 Å². The van der Waals surface area contributed by atoms with Crippen molar-refractivity contribution in [2.75, 3.05) is 0 Å². The number of allylic oxidation sites excluding steroid dienone is 1. The zero-order chi connectivity index (χ0) is 40.7. The van der Waals surface area contributed by atoms with Crippen molar-refractivity contribution in [1.82, 2.24) is 15.0 Å². The molecule has 0 bridgehead atoms. The van der Waals surface area contributed by atoms with Crippen molar-refractivity contribution in [2.24, 2.45) is 0 Å². The quantitative estimate of drug-likeness (QED) is 0.161. The van der Waals surface area contributed by atoms with Crippen LogP contribution in [0.3, 0.4) is 0 Å². The monoisotopic (exact) mass is 780 g/mol. The number of fused-ring (bicyclic) bond motifs is 4. The van der Waals surface area contributed by atoms with Gasteiger partial charge in [0.15, 0.2) is 17.5 Å². The van der Waals surface area contributed by atoms with Crippen molar-refractivity contribution in [3.8, 4) is 84.7 Å². The molecule has 61 heavy (non-hydrogen) atoms. The number of nitrogens with zero attached hydrogens (tertiary/aromatic N) is 4. The normalized spacial score (nSPS) is 12.0. The molecule has 0 N–H and O–H groups in total. The van der Waals surface area contributed by atoms with Crippen molar-refractivity contribution in [3.05, 3.63) is 205 Å². The fraction of sp³-hybridized carbons (Fsp3) is 0.0357. The van der Waals surface area contributed by atoms with Gasteiger partial charge in [-0.05, 0) is 87.2 Å². The van der Waals surface area contributed by atoms with Gasteiger partial charge in [0.2, 0.25) is 0 Å². The molecule has 286 valence electrons. The second-order valence-corrected chi connectivity index (χ2v) is 15.4. The van der Waals surface area contributed by atoms with E-state index in [4.69, 9.17) is 19.4 Å². The van der Waals surface area contributed by atoms with Gasteiger partial charge in [0, 0.05) is 33.0 Å². The molecule has 2 aromatic heterocycles. The number of benzene rings is 8. The third-order valence-corrected chi connectivity index (χ3v) is 11.7. The molecule has 0 saturated carbocycles. The fourth-order valence-electron chi connectivity index (χ4n) is 8.64. The average molecular weight is 781 g/mol. The smallest absolute Gasteiger partial charge is 0.164 e. The van der Waals surface area contributed by atoms with Crippen molar-refractivity contribution in [1.29, 1.82) is 5.26 Å². The van der Waals surface area contributed by atoms with Crippen LogP contribution in [-0.4, -0.2) is 15.0 Å². The Kier molecular flexibility index (Phi) is 8.95. The molecule has 10 aromatic rings. The zero-order valence-electron chi connectivity index (χ0n) is 33.1. The number of para-hydroxylation sites is 2. The molecule has 0 saturated heterocycles. The molecule has 5 nitrogen and oxygen atoms in total. The van der Waals surface area contributed by atoms with Crippen LogP contribution >= 0.6 is 0 Å². The van der Waals surface area contributed by atoms with Gasteiger partial charge >= 0.3 is 0 Å². The lowest BCUT2D eigenvalue weighted by molar-refractivity contribution is 0.670. The second kappa shape index (κ2) is 15.2. The highest BCUT2D eigenvalue weighted by Crippen LogP contribution is 2.41. The molecule has 0 aliphatic heterocycles. The molecule has 0 atom stereocenters. The lowest BCUT2D eigenvalue weighted by Gasteiger charge is -2.21. The third-order valence-electron chi connectivity index (χ3n) is 11.7. The topological polar surface area (TPSA) is 75.6 Å². The Morgan fingerprint density at radius 3 is 1.69 bits per heavy atom. The summed E-state index contributed by atoms with van der Waals surface area (Å²) in [5.74, 6) is 1.91. The highest BCUT2D eigenvalue weighted by atomic mass is 16.3. The summed E-state index contributed by atoms with van der Waals surface area (Å²) in [6.07, 6.45) is 6.39. The van der Waals surface area contributed by atoms with Crippen LogP contribution in [0.4, 0.5) is 0 Å². The van der Waals surface area contributed by atoms with E-state index in [0.29, 0.717) is 23.0 Å². The first-order valence-corrected chi connectivity index (χ1v) is 20.5. The number of aromatic nitrogens is 3. The summed E-state index contributed by atoms with van der Waals surface area (Å²) in [6.45, 7) is 0. The number of rotatable bonds is 7. The maximum atomic E-state index is 10.2. The number of hydrogen-bond donors (Lipinski definition) is 0. The minimum atomic E-state index is 0.628. The minimum absolute atomic E-state index is 0.628. The summed E-state index contributed by atoms with van der Waals surface area (Å²) < 4.78 is 6.34. The Hall–Kier alpha value is -8.20. The maximum absolute atomic E-state index is 10.2. The van der Waals surface area contributed by atoms with Gasteiger partial charge in [0.05, 0.1) is 11.6 Å². The summed E-state index contributed by atoms with van der Waals surface area (Å²) in [6, 6.07) is 64.8. The molecule has 8 aromatic carbocycles. The second-order valence-electron chi connectivity index (χ2n) is 15.4. The predicted molar refractivity (Wildman–Crippen MR) is 247 cm³/mol. The molecular weight excluding hydrogens is 745 g/mol. The van der Waals surface area contributed by atoms with E-state index in [9.17, 15) is 5.26 Å². The van der Waals surface area contributed by atoms with Crippen molar-refractivity contribution in [3.63, 3.8) is 0 Å². The highest BCUT2D eigenvalue weighted by Gasteiger charge is 2.19. The first-order valence-electron chi connectivity index (χ1n) is 20.5. The third kappa shape index (κ3) is 6.67. The molecule has 2 heterocycles. The van der Waals surface area contributed by atoms with Gasteiger partial charge in [-0.3, -0.25) is 0 Å². The predicted octanol–water partition coefficient (Wildman–Crippen LogP) is 14.3. The van der Waals surface area contributed by atoms with Crippen LogP contribution in [0.5, 0.6) is 0 Å². The van der Waals surface area contributed by atoms with Gasteiger partial charge in [-0.15, -0.1) is 0 Å². The molecule has 0 spiro atoms.